The van der Waals surface area contributed by atoms with Gasteiger partial charge in [0.15, 0.2) is 0 Å². The fraction of sp³-hybridized carbons (Fsp3) is 0.385. The molecule has 1 aromatic rings. The van der Waals surface area contributed by atoms with Crippen molar-refractivity contribution >= 4 is 23.6 Å². The Balaban J connectivity index is 1.89. The maximum Gasteiger partial charge on any atom is 0.335 e. The Hall–Kier alpha value is -1.49. The second kappa shape index (κ2) is 5.91. The van der Waals surface area contributed by atoms with E-state index < -0.39 is 5.97 Å². The molecule has 0 bridgehead atoms. The lowest BCUT2D eigenvalue weighted by Gasteiger charge is -2.10. The van der Waals surface area contributed by atoms with Crippen molar-refractivity contribution in [1.29, 1.82) is 0 Å². The molecule has 1 saturated heterocycles. The Labute approximate surface area is 110 Å². The summed E-state index contributed by atoms with van der Waals surface area (Å²) in [6.45, 7) is 0.685. The van der Waals surface area contributed by atoms with Gasteiger partial charge in [-0.05, 0) is 42.9 Å². The van der Waals surface area contributed by atoms with Crippen molar-refractivity contribution in [2.24, 2.45) is 0 Å². The van der Waals surface area contributed by atoms with Crippen molar-refractivity contribution in [1.82, 2.24) is 5.32 Å². The third-order valence-corrected chi connectivity index (χ3v) is 4.31. The van der Waals surface area contributed by atoms with E-state index in [0.717, 1.165) is 6.42 Å². The summed E-state index contributed by atoms with van der Waals surface area (Å²) >= 11 is 1.89. The Kier molecular flexibility index (Phi) is 4.25. The number of hydrogen-bond donors (Lipinski definition) is 2. The van der Waals surface area contributed by atoms with Gasteiger partial charge in [0.2, 0.25) is 0 Å². The molecular formula is C13H15NO3S. The number of carbonyl (C=O) groups excluding carboxylic acids is 1. The number of carbonyl (C=O) groups is 2. The molecule has 18 heavy (non-hydrogen) atoms. The number of carboxylic acids is 1. The van der Waals surface area contributed by atoms with Crippen LogP contribution in [0.15, 0.2) is 24.3 Å². The van der Waals surface area contributed by atoms with Gasteiger partial charge in [0.25, 0.3) is 5.91 Å². The van der Waals surface area contributed by atoms with Crippen molar-refractivity contribution in [3.63, 3.8) is 0 Å². The largest absolute Gasteiger partial charge is 0.478 e. The van der Waals surface area contributed by atoms with E-state index in [9.17, 15) is 9.59 Å². The third-order valence-electron chi connectivity index (χ3n) is 2.91. The lowest BCUT2D eigenvalue weighted by Crippen LogP contribution is -2.29. The Morgan fingerprint density at radius 2 is 1.94 bits per heavy atom. The van der Waals surface area contributed by atoms with Gasteiger partial charge in [-0.15, -0.1) is 0 Å². The van der Waals surface area contributed by atoms with Gasteiger partial charge in [0, 0.05) is 17.4 Å². The van der Waals surface area contributed by atoms with Crippen LogP contribution in [0.1, 0.15) is 33.6 Å². The van der Waals surface area contributed by atoms with Gasteiger partial charge in [-0.1, -0.05) is 0 Å². The van der Waals surface area contributed by atoms with Crippen molar-refractivity contribution in [2.45, 2.75) is 18.1 Å². The molecule has 2 N–H and O–H groups in total. The van der Waals surface area contributed by atoms with Crippen LogP contribution >= 0.6 is 11.8 Å². The maximum atomic E-state index is 11.8. The second-order valence-electron chi connectivity index (χ2n) is 4.23. The number of aromatic carboxylic acids is 1. The normalized spacial score (nSPS) is 18.6. The summed E-state index contributed by atoms with van der Waals surface area (Å²) in [6.07, 6.45) is 2.38. The highest BCUT2D eigenvalue weighted by Crippen LogP contribution is 2.25. The van der Waals surface area contributed by atoms with Crippen molar-refractivity contribution in [3.8, 4) is 0 Å². The minimum absolute atomic E-state index is 0.139. The van der Waals surface area contributed by atoms with Crippen LogP contribution in [0.4, 0.5) is 0 Å². The lowest BCUT2D eigenvalue weighted by molar-refractivity contribution is 0.0696. The number of hydrogen-bond acceptors (Lipinski definition) is 3. The fourth-order valence-corrected chi connectivity index (χ4v) is 3.08. The molecule has 0 spiro atoms. The Bertz CT molecular complexity index is 438. The zero-order valence-electron chi connectivity index (χ0n) is 9.89. The summed E-state index contributed by atoms with van der Waals surface area (Å²) in [5.74, 6) is 0.0529. The predicted molar refractivity (Wildman–Crippen MR) is 71.2 cm³/mol. The molecule has 1 heterocycles. The minimum atomic E-state index is -0.982. The van der Waals surface area contributed by atoms with Crippen molar-refractivity contribution in [3.05, 3.63) is 35.4 Å². The van der Waals surface area contributed by atoms with Gasteiger partial charge in [-0.25, -0.2) is 4.79 Å². The Morgan fingerprint density at radius 3 is 2.50 bits per heavy atom. The highest BCUT2D eigenvalue weighted by Gasteiger charge is 2.16. The molecule has 2 rings (SSSR count). The third kappa shape index (κ3) is 3.26. The van der Waals surface area contributed by atoms with Gasteiger partial charge in [-0.2, -0.15) is 11.8 Å². The molecule has 1 fully saturated rings. The quantitative estimate of drug-likeness (QED) is 0.874. The van der Waals surface area contributed by atoms with E-state index in [4.69, 9.17) is 5.11 Å². The lowest BCUT2D eigenvalue weighted by atomic mass is 10.1. The van der Waals surface area contributed by atoms with Crippen LogP contribution in [0.5, 0.6) is 0 Å². The van der Waals surface area contributed by atoms with Crippen LogP contribution in [0.2, 0.25) is 0 Å². The van der Waals surface area contributed by atoms with Gasteiger partial charge < -0.3 is 10.4 Å². The second-order valence-corrected chi connectivity index (χ2v) is 5.64. The van der Waals surface area contributed by atoms with Crippen LogP contribution < -0.4 is 5.32 Å². The first-order chi connectivity index (χ1) is 8.66. The zero-order valence-corrected chi connectivity index (χ0v) is 10.7. The molecule has 5 heteroatoms. The molecule has 0 aromatic heterocycles. The molecule has 1 aromatic carbocycles. The van der Waals surface area contributed by atoms with E-state index >= 15 is 0 Å². The summed E-state index contributed by atoms with van der Waals surface area (Å²) in [7, 11) is 0. The van der Waals surface area contributed by atoms with Crippen LogP contribution in [-0.4, -0.2) is 34.5 Å². The average molecular weight is 265 g/mol. The summed E-state index contributed by atoms with van der Waals surface area (Å²) < 4.78 is 0. The first-order valence-corrected chi connectivity index (χ1v) is 6.95. The summed E-state index contributed by atoms with van der Waals surface area (Å²) in [6, 6.07) is 5.98. The smallest absolute Gasteiger partial charge is 0.335 e. The van der Waals surface area contributed by atoms with E-state index in [0.29, 0.717) is 17.4 Å². The van der Waals surface area contributed by atoms with E-state index in [-0.39, 0.29) is 11.5 Å². The molecule has 1 aliphatic heterocycles. The van der Waals surface area contributed by atoms with Crippen LogP contribution in [0.3, 0.4) is 0 Å². The fourth-order valence-electron chi connectivity index (χ4n) is 1.88. The minimum Gasteiger partial charge on any atom is -0.478 e. The molecule has 96 valence electrons. The number of rotatable bonds is 4. The van der Waals surface area contributed by atoms with Crippen molar-refractivity contribution in [2.75, 3.05) is 12.3 Å². The molecular weight excluding hydrogens is 250 g/mol. The average Bonchev–Trinajstić information content (AvgIpc) is 2.89. The summed E-state index contributed by atoms with van der Waals surface area (Å²) in [5, 5.41) is 12.2. The van der Waals surface area contributed by atoms with E-state index in [1.54, 1.807) is 12.1 Å². The van der Waals surface area contributed by atoms with E-state index in [1.807, 2.05) is 11.8 Å². The van der Waals surface area contributed by atoms with Gasteiger partial charge >= 0.3 is 5.97 Å². The number of thioether (sulfide) groups is 1. The maximum absolute atomic E-state index is 11.8. The molecule has 0 radical (unpaired) electrons. The highest BCUT2D eigenvalue weighted by atomic mass is 32.2. The molecule has 0 unspecified atom stereocenters. The SMILES string of the molecule is O=C(O)c1ccc(C(=O)NC[C@H]2CCCS2)cc1. The Morgan fingerprint density at radius 1 is 1.28 bits per heavy atom. The van der Waals surface area contributed by atoms with Crippen molar-refractivity contribution < 1.29 is 14.7 Å². The number of nitrogens with one attached hydrogen (secondary N) is 1. The van der Waals surface area contributed by atoms with Crippen LogP contribution in [-0.2, 0) is 0 Å². The topological polar surface area (TPSA) is 66.4 Å². The van der Waals surface area contributed by atoms with Crippen LogP contribution in [0, 0.1) is 0 Å². The predicted octanol–water partition coefficient (Wildman–Crippen LogP) is 2.01. The van der Waals surface area contributed by atoms with Gasteiger partial charge in [0.05, 0.1) is 5.56 Å². The number of amides is 1. The molecule has 0 aliphatic carbocycles. The number of benzene rings is 1. The summed E-state index contributed by atoms with van der Waals surface area (Å²) in [5.41, 5.74) is 0.695. The van der Waals surface area contributed by atoms with E-state index in [1.165, 1.54) is 24.3 Å². The number of carboxylic acid groups (broad SMARTS) is 1. The van der Waals surface area contributed by atoms with E-state index in [2.05, 4.69) is 5.32 Å². The van der Waals surface area contributed by atoms with Crippen LogP contribution in [0.25, 0.3) is 0 Å². The standard InChI is InChI=1S/C13H15NO3S/c15-12(14-8-11-2-1-7-18-11)9-3-5-10(6-4-9)13(16)17/h3-6,11H,1-2,7-8H2,(H,14,15)(H,16,17)/t11-/m1/s1. The molecule has 1 aliphatic rings. The first-order valence-electron chi connectivity index (χ1n) is 5.90. The molecule has 0 saturated carbocycles. The zero-order chi connectivity index (χ0) is 13.0. The molecule has 1 amide bonds. The first kappa shape index (κ1) is 13.0. The monoisotopic (exact) mass is 265 g/mol. The van der Waals surface area contributed by atoms with Gasteiger partial charge in [0.1, 0.15) is 0 Å². The molecule has 1 atom stereocenters. The molecule has 4 nitrogen and oxygen atoms in total. The van der Waals surface area contributed by atoms with Gasteiger partial charge in [-0.3, -0.25) is 4.79 Å². The highest BCUT2D eigenvalue weighted by molar-refractivity contribution is 8.00. The summed E-state index contributed by atoms with van der Waals surface area (Å²) in [4.78, 5) is 22.5.